The third kappa shape index (κ3) is 2.54. The van der Waals surface area contributed by atoms with Crippen LogP contribution in [0.1, 0.15) is 34.3 Å². The second-order valence-electron chi connectivity index (χ2n) is 5.14. The number of fused-ring (bicyclic) bond motifs is 1. The van der Waals surface area contributed by atoms with Gasteiger partial charge in [0.05, 0.1) is 0 Å². The molecular weight excluding hydrogens is 266 g/mol. The molecule has 1 amide bonds. The molecule has 0 bridgehead atoms. The summed E-state index contributed by atoms with van der Waals surface area (Å²) in [6.07, 6.45) is 5.71. The van der Waals surface area contributed by atoms with Gasteiger partial charge in [-0.05, 0) is 55.5 Å². The van der Waals surface area contributed by atoms with E-state index < -0.39 is 5.91 Å². The summed E-state index contributed by atoms with van der Waals surface area (Å²) in [5, 5.41) is 0. The Hall–Kier alpha value is -2.56. The second kappa shape index (κ2) is 5.44. The number of aromatic nitrogens is 1. The molecule has 2 aromatic rings. The largest absolute Gasteiger partial charge is 0.438 e. The van der Waals surface area contributed by atoms with E-state index in [1.807, 2.05) is 12.1 Å². The van der Waals surface area contributed by atoms with Crippen LogP contribution in [0.15, 0.2) is 30.5 Å². The SMILES string of the molecule is NC(=O)c1cccnc1Oc1ccc(N)c2c1CCCC2. The number of pyridine rings is 1. The zero-order valence-corrected chi connectivity index (χ0v) is 11.6. The standard InChI is InChI=1S/C16H17N3O2/c17-13-7-8-14(11-5-2-1-4-10(11)13)21-16-12(15(18)20)6-3-9-19-16/h3,6-9H,1-2,4-5,17H2,(H2,18,20). The molecule has 0 radical (unpaired) electrons. The molecule has 0 spiro atoms. The van der Waals surface area contributed by atoms with Crippen LogP contribution in [0, 0.1) is 0 Å². The van der Waals surface area contributed by atoms with Gasteiger partial charge in [-0.2, -0.15) is 0 Å². The van der Waals surface area contributed by atoms with Crippen LogP contribution in [0.3, 0.4) is 0 Å². The summed E-state index contributed by atoms with van der Waals surface area (Å²) < 4.78 is 5.86. The highest BCUT2D eigenvalue weighted by Crippen LogP contribution is 2.36. The monoisotopic (exact) mass is 283 g/mol. The first-order chi connectivity index (χ1) is 10.2. The highest BCUT2D eigenvalue weighted by Gasteiger charge is 2.19. The van der Waals surface area contributed by atoms with Crippen molar-refractivity contribution in [3.8, 4) is 11.6 Å². The van der Waals surface area contributed by atoms with Crippen LogP contribution in [0.2, 0.25) is 0 Å². The van der Waals surface area contributed by atoms with Crippen molar-refractivity contribution in [1.82, 2.24) is 4.98 Å². The van der Waals surface area contributed by atoms with Crippen molar-refractivity contribution in [3.63, 3.8) is 0 Å². The molecule has 1 aliphatic carbocycles. The summed E-state index contributed by atoms with van der Waals surface area (Å²) >= 11 is 0. The average molecular weight is 283 g/mol. The maximum atomic E-state index is 11.4. The van der Waals surface area contributed by atoms with Gasteiger partial charge >= 0.3 is 0 Å². The molecule has 5 heteroatoms. The Balaban J connectivity index is 2.02. The van der Waals surface area contributed by atoms with Crippen LogP contribution in [-0.4, -0.2) is 10.9 Å². The fourth-order valence-electron chi connectivity index (χ4n) is 2.72. The van der Waals surface area contributed by atoms with E-state index in [4.69, 9.17) is 16.2 Å². The molecule has 1 aliphatic rings. The van der Waals surface area contributed by atoms with Gasteiger partial charge in [0.25, 0.3) is 5.91 Å². The number of carbonyl (C=O) groups is 1. The lowest BCUT2D eigenvalue weighted by molar-refractivity contribution is 0.0997. The first kappa shape index (κ1) is 13.4. The molecule has 3 rings (SSSR count). The first-order valence-electron chi connectivity index (χ1n) is 6.99. The van der Waals surface area contributed by atoms with Gasteiger partial charge in [0.1, 0.15) is 11.3 Å². The predicted molar refractivity (Wildman–Crippen MR) is 80.3 cm³/mol. The van der Waals surface area contributed by atoms with E-state index in [9.17, 15) is 4.79 Å². The molecule has 4 N–H and O–H groups in total. The second-order valence-corrected chi connectivity index (χ2v) is 5.14. The number of amides is 1. The number of nitrogen functional groups attached to an aromatic ring is 1. The molecule has 0 fully saturated rings. The number of ether oxygens (including phenoxy) is 1. The van der Waals surface area contributed by atoms with E-state index in [-0.39, 0.29) is 11.4 Å². The Morgan fingerprint density at radius 1 is 1.14 bits per heavy atom. The van der Waals surface area contributed by atoms with Gasteiger partial charge in [-0.25, -0.2) is 4.98 Å². The molecular formula is C16H17N3O2. The van der Waals surface area contributed by atoms with Crippen molar-refractivity contribution in [2.75, 3.05) is 5.73 Å². The fraction of sp³-hybridized carbons (Fsp3) is 0.250. The maximum absolute atomic E-state index is 11.4. The number of nitrogens with two attached hydrogens (primary N) is 2. The number of benzene rings is 1. The maximum Gasteiger partial charge on any atom is 0.254 e. The summed E-state index contributed by atoms with van der Waals surface area (Å²) in [5.41, 5.74) is 14.7. The van der Waals surface area contributed by atoms with Crippen molar-refractivity contribution >= 4 is 11.6 Å². The summed E-state index contributed by atoms with van der Waals surface area (Å²) in [5.74, 6) is 0.394. The highest BCUT2D eigenvalue weighted by atomic mass is 16.5. The van der Waals surface area contributed by atoms with Gasteiger partial charge in [0, 0.05) is 17.4 Å². The van der Waals surface area contributed by atoms with E-state index in [0.717, 1.165) is 42.5 Å². The van der Waals surface area contributed by atoms with Crippen LogP contribution in [0.4, 0.5) is 5.69 Å². The third-order valence-electron chi connectivity index (χ3n) is 3.77. The lowest BCUT2D eigenvalue weighted by Crippen LogP contribution is -2.13. The number of primary amides is 1. The van der Waals surface area contributed by atoms with Gasteiger partial charge in [-0.15, -0.1) is 0 Å². The highest BCUT2D eigenvalue weighted by molar-refractivity contribution is 5.95. The van der Waals surface area contributed by atoms with Crippen molar-refractivity contribution < 1.29 is 9.53 Å². The fourth-order valence-corrected chi connectivity index (χ4v) is 2.72. The molecule has 108 valence electrons. The molecule has 0 atom stereocenters. The quantitative estimate of drug-likeness (QED) is 0.846. The summed E-state index contributed by atoms with van der Waals surface area (Å²) in [7, 11) is 0. The number of carbonyl (C=O) groups excluding carboxylic acids is 1. The summed E-state index contributed by atoms with van der Waals surface area (Å²) in [6.45, 7) is 0. The Kier molecular flexibility index (Phi) is 3.48. The molecule has 0 saturated carbocycles. The Morgan fingerprint density at radius 2 is 1.90 bits per heavy atom. The molecule has 1 heterocycles. The molecule has 5 nitrogen and oxygen atoms in total. The van der Waals surface area contributed by atoms with Gasteiger partial charge in [0.2, 0.25) is 5.88 Å². The number of hydrogen-bond acceptors (Lipinski definition) is 4. The molecule has 1 aromatic heterocycles. The number of nitrogens with zero attached hydrogens (tertiary/aromatic N) is 1. The van der Waals surface area contributed by atoms with Gasteiger partial charge in [-0.3, -0.25) is 4.79 Å². The van der Waals surface area contributed by atoms with Crippen molar-refractivity contribution in [3.05, 3.63) is 47.2 Å². The summed E-state index contributed by atoms with van der Waals surface area (Å²) in [6, 6.07) is 6.94. The van der Waals surface area contributed by atoms with Crippen molar-refractivity contribution in [2.45, 2.75) is 25.7 Å². The van der Waals surface area contributed by atoms with Crippen LogP contribution >= 0.6 is 0 Å². The lowest BCUT2D eigenvalue weighted by Gasteiger charge is -2.21. The topological polar surface area (TPSA) is 91.2 Å². The van der Waals surface area contributed by atoms with Gasteiger partial charge in [-0.1, -0.05) is 0 Å². The smallest absolute Gasteiger partial charge is 0.254 e. The molecule has 0 unspecified atom stereocenters. The predicted octanol–water partition coefficient (Wildman–Crippen LogP) is 2.43. The van der Waals surface area contributed by atoms with Gasteiger partial charge < -0.3 is 16.2 Å². The lowest BCUT2D eigenvalue weighted by atomic mass is 9.90. The van der Waals surface area contributed by atoms with E-state index in [1.165, 1.54) is 0 Å². The molecule has 0 aliphatic heterocycles. The molecule has 21 heavy (non-hydrogen) atoms. The number of rotatable bonds is 3. The van der Waals surface area contributed by atoms with Crippen molar-refractivity contribution in [1.29, 1.82) is 0 Å². The Labute approximate surface area is 122 Å². The summed E-state index contributed by atoms with van der Waals surface area (Å²) in [4.78, 5) is 15.5. The normalized spacial score (nSPS) is 13.5. The average Bonchev–Trinajstić information content (AvgIpc) is 2.51. The van der Waals surface area contributed by atoms with Crippen LogP contribution in [0.5, 0.6) is 11.6 Å². The molecule has 1 aromatic carbocycles. The van der Waals surface area contributed by atoms with E-state index in [0.29, 0.717) is 5.75 Å². The van der Waals surface area contributed by atoms with Crippen LogP contribution in [-0.2, 0) is 12.8 Å². The van der Waals surface area contributed by atoms with E-state index in [2.05, 4.69) is 4.98 Å². The van der Waals surface area contributed by atoms with Crippen molar-refractivity contribution in [2.24, 2.45) is 5.73 Å². The Morgan fingerprint density at radius 3 is 2.67 bits per heavy atom. The van der Waals surface area contributed by atoms with E-state index in [1.54, 1.807) is 18.3 Å². The zero-order valence-electron chi connectivity index (χ0n) is 11.6. The minimum atomic E-state index is -0.553. The molecule has 0 saturated heterocycles. The third-order valence-corrected chi connectivity index (χ3v) is 3.77. The first-order valence-corrected chi connectivity index (χ1v) is 6.99. The van der Waals surface area contributed by atoms with Crippen LogP contribution in [0.25, 0.3) is 0 Å². The number of hydrogen-bond donors (Lipinski definition) is 2. The minimum Gasteiger partial charge on any atom is -0.438 e. The van der Waals surface area contributed by atoms with E-state index >= 15 is 0 Å². The van der Waals surface area contributed by atoms with Crippen LogP contribution < -0.4 is 16.2 Å². The minimum absolute atomic E-state index is 0.238. The Bertz CT molecular complexity index is 698. The number of anilines is 1. The van der Waals surface area contributed by atoms with Gasteiger partial charge in [0.15, 0.2) is 0 Å². The zero-order chi connectivity index (χ0) is 14.8.